The second-order valence-electron chi connectivity index (χ2n) is 4.26. The van der Waals surface area contributed by atoms with Crippen molar-refractivity contribution in [3.8, 4) is 0 Å². The van der Waals surface area contributed by atoms with Crippen LogP contribution in [0.5, 0.6) is 0 Å². The van der Waals surface area contributed by atoms with E-state index < -0.39 is 11.9 Å². The van der Waals surface area contributed by atoms with Crippen molar-refractivity contribution in [2.75, 3.05) is 5.32 Å². The Morgan fingerprint density at radius 1 is 1.43 bits per heavy atom. The summed E-state index contributed by atoms with van der Waals surface area (Å²) < 4.78 is 2.25. The topological polar surface area (TPSA) is 84.2 Å². The van der Waals surface area contributed by atoms with Gasteiger partial charge in [0.05, 0.1) is 17.4 Å². The summed E-state index contributed by atoms with van der Waals surface area (Å²) >= 11 is 3.20. The lowest BCUT2D eigenvalue weighted by molar-refractivity contribution is -0.111. The van der Waals surface area contributed by atoms with Gasteiger partial charge in [0.2, 0.25) is 5.91 Å². The smallest absolute Gasteiger partial charge is 0.337 e. The van der Waals surface area contributed by atoms with Crippen molar-refractivity contribution in [1.29, 1.82) is 0 Å². The van der Waals surface area contributed by atoms with Crippen molar-refractivity contribution < 1.29 is 14.7 Å². The Morgan fingerprint density at radius 3 is 2.81 bits per heavy atom. The zero-order valence-electron chi connectivity index (χ0n) is 11.1. The van der Waals surface area contributed by atoms with Gasteiger partial charge in [-0.25, -0.2) is 4.79 Å². The van der Waals surface area contributed by atoms with E-state index in [1.807, 2.05) is 0 Å². The molecule has 1 amide bonds. The fraction of sp³-hybridized carbons (Fsp3) is 0.0714. The predicted octanol–water partition coefficient (Wildman–Crippen LogP) is 2.53. The lowest BCUT2D eigenvalue weighted by Crippen LogP contribution is -2.12. The Morgan fingerprint density at radius 2 is 2.19 bits per heavy atom. The number of anilines is 1. The first kappa shape index (κ1) is 15.0. The van der Waals surface area contributed by atoms with Crippen molar-refractivity contribution in [3.63, 3.8) is 0 Å². The molecule has 0 bridgehead atoms. The van der Waals surface area contributed by atoms with E-state index in [4.69, 9.17) is 5.11 Å². The van der Waals surface area contributed by atoms with Gasteiger partial charge in [-0.05, 0) is 24.3 Å². The Kier molecular flexibility index (Phi) is 4.54. The summed E-state index contributed by atoms with van der Waals surface area (Å²) in [6.07, 6.45) is 6.30. The second-order valence-corrected chi connectivity index (χ2v) is 5.18. The number of aromatic carboxylic acids is 1. The Bertz CT molecular complexity index is 722. The minimum Gasteiger partial charge on any atom is -0.478 e. The molecular formula is C14H12BrN3O3. The van der Waals surface area contributed by atoms with Gasteiger partial charge in [0.15, 0.2) is 0 Å². The summed E-state index contributed by atoms with van der Waals surface area (Å²) in [6.45, 7) is 0. The van der Waals surface area contributed by atoms with Crippen LogP contribution in [-0.4, -0.2) is 26.8 Å². The number of nitrogens with one attached hydrogen (secondary N) is 1. The quantitative estimate of drug-likeness (QED) is 0.830. The molecule has 1 aromatic heterocycles. The molecule has 7 heteroatoms. The molecule has 21 heavy (non-hydrogen) atoms. The van der Waals surface area contributed by atoms with Crippen LogP contribution in [0.3, 0.4) is 0 Å². The highest BCUT2D eigenvalue weighted by Crippen LogP contribution is 2.21. The summed E-state index contributed by atoms with van der Waals surface area (Å²) in [7, 11) is 1.78. The van der Waals surface area contributed by atoms with E-state index in [-0.39, 0.29) is 11.3 Å². The maximum absolute atomic E-state index is 11.8. The molecule has 0 saturated heterocycles. The lowest BCUT2D eigenvalue weighted by Gasteiger charge is -2.06. The summed E-state index contributed by atoms with van der Waals surface area (Å²) in [5.74, 6) is -1.52. The van der Waals surface area contributed by atoms with Crippen LogP contribution in [-0.2, 0) is 11.8 Å². The predicted molar refractivity (Wildman–Crippen MR) is 82.0 cm³/mol. The number of aromatic nitrogens is 2. The van der Waals surface area contributed by atoms with Crippen LogP contribution in [0.15, 0.2) is 41.1 Å². The molecule has 2 aromatic rings. The molecular weight excluding hydrogens is 338 g/mol. The maximum atomic E-state index is 11.8. The molecule has 1 heterocycles. The minimum atomic E-state index is -1.11. The normalized spacial score (nSPS) is 10.8. The molecule has 2 N–H and O–H groups in total. The molecule has 0 fully saturated rings. The minimum absolute atomic E-state index is 0.0208. The van der Waals surface area contributed by atoms with E-state index in [2.05, 4.69) is 26.3 Å². The van der Waals surface area contributed by atoms with Crippen molar-refractivity contribution in [3.05, 3.63) is 52.3 Å². The number of aryl methyl sites for hydroxylation is 1. The van der Waals surface area contributed by atoms with Crippen molar-refractivity contribution >= 4 is 39.6 Å². The molecule has 1 aromatic carbocycles. The van der Waals surface area contributed by atoms with Gasteiger partial charge in [0, 0.05) is 29.4 Å². The van der Waals surface area contributed by atoms with E-state index in [1.54, 1.807) is 36.3 Å². The molecule has 108 valence electrons. The number of halogens is 1. The summed E-state index contributed by atoms with van der Waals surface area (Å²) in [6, 6.07) is 4.62. The zero-order chi connectivity index (χ0) is 15.4. The van der Waals surface area contributed by atoms with E-state index in [0.717, 1.165) is 5.56 Å². The highest BCUT2D eigenvalue weighted by atomic mass is 79.9. The van der Waals surface area contributed by atoms with E-state index in [1.165, 1.54) is 18.2 Å². The third kappa shape index (κ3) is 4.03. The van der Waals surface area contributed by atoms with Crippen LogP contribution in [0.4, 0.5) is 5.69 Å². The third-order valence-electron chi connectivity index (χ3n) is 2.62. The number of carbonyl (C=O) groups excluding carboxylic acids is 1. The molecule has 6 nitrogen and oxygen atoms in total. The molecule has 0 spiro atoms. The van der Waals surface area contributed by atoms with Crippen LogP contribution in [0.1, 0.15) is 15.9 Å². The van der Waals surface area contributed by atoms with Gasteiger partial charge in [-0.1, -0.05) is 15.9 Å². The van der Waals surface area contributed by atoms with Gasteiger partial charge in [-0.15, -0.1) is 0 Å². The third-order valence-corrected chi connectivity index (χ3v) is 3.12. The fourth-order valence-electron chi connectivity index (χ4n) is 1.67. The molecule has 0 aliphatic carbocycles. The fourth-order valence-corrected chi connectivity index (χ4v) is 2.04. The summed E-state index contributed by atoms with van der Waals surface area (Å²) in [4.78, 5) is 23.0. The highest BCUT2D eigenvalue weighted by molar-refractivity contribution is 9.10. The molecule has 0 radical (unpaired) electrons. The standard InChI is InChI=1S/C14H12BrN3O3/c1-18-8-9(7-16-18)2-5-13(19)17-12-4-3-10(15)6-11(12)14(20)21/h2-8H,1H3,(H,17,19)(H,20,21). The first-order valence-electron chi connectivity index (χ1n) is 5.96. The van der Waals surface area contributed by atoms with Gasteiger partial charge in [-0.2, -0.15) is 5.10 Å². The van der Waals surface area contributed by atoms with Gasteiger partial charge in [0.1, 0.15) is 0 Å². The van der Waals surface area contributed by atoms with Gasteiger partial charge in [-0.3, -0.25) is 9.48 Å². The van der Waals surface area contributed by atoms with Gasteiger partial charge in [0.25, 0.3) is 0 Å². The molecule has 0 saturated carbocycles. The number of amides is 1. The van der Waals surface area contributed by atoms with Crippen LogP contribution in [0, 0.1) is 0 Å². The maximum Gasteiger partial charge on any atom is 0.337 e. The van der Waals surface area contributed by atoms with Crippen molar-refractivity contribution in [2.45, 2.75) is 0 Å². The average molecular weight is 350 g/mol. The molecule has 0 aliphatic heterocycles. The first-order valence-corrected chi connectivity index (χ1v) is 6.75. The number of carboxylic acids is 1. The van der Waals surface area contributed by atoms with Gasteiger partial charge < -0.3 is 10.4 Å². The summed E-state index contributed by atoms with van der Waals surface area (Å²) in [5, 5.41) is 15.6. The SMILES string of the molecule is Cn1cc(C=CC(=O)Nc2ccc(Br)cc2C(=O)O)cn1. The number of carboxylic acid groups (broad SMARTS) is 1. The Labute approximate surface area is 129 Å². The first-order chi connectivity index (χ1) is 9.95. The Hall–Kier alpha value is -2.41. The second kappa shape index (κ2) is 6.36. The average Bonchev–Trinajstić information content (AvgIpc) is 2.84. The van der Waals surface area contributed by atoms with Crippen LogP contribution >= 0.6 is 15.9 Å². The largest absolute Gasteiger partial charge is 0.478 e. The molecule has 0 aliphatic rings. The number of rotatable bonds is 4. The van der Waals surface area contributed by atoms with Crippen molar-refractivity contribution in [1.82, 2.24) is 9.78 Å². The number of hydrogen-bond acceptors (Lipinski definition) is 3. The van der Waals surface area contributed by atoms with Gasteiger partial charge >= 0.3 is 5.97 Å². The van der Waals surface area contributed by atoms with Crippen LogP contribution in [0.2, 0.25) is 0 Å². The Balaban J connectivity index is 2.13. The van der Waals surface area contributed by atoms with E-state index >= 15 is 0 Å². The van der Waals surface area contributed by atoms with Crippen LogP contribution < -0.4 is 5.32 Å². The molecule has 2 rings (SSSR count). The number of carbonyl (C=O) groups is 2. The highest BCUT2D eigenvalue weighted by Gasteiger charge is 2.11. The molecule has 0 atom stereocenters. The molecule has 0 unspecified atom stereocenters. The number of benzene rings is 1. The number of nitrogens with zero attached hydrogens (tertiary/aromatic N) is 2. The zero-order valence-corrected chi connectivity index (χ0v) is 12.7. The van der Waals surface area contributed by atoms with Crippen LogP contribution in [0.25, 0.3) is 6.08 Å². The van der Waals surface area contributed by atoms with E-state index in [0.29, 0.717) is 4.47 Å². The van der Waals surface area contributed by atoms with Crippen molar-refractivity contribution in [2.24, 2.45) is 7.05 Å². The lowest BCUT2D eigenvalue weighted by atomic mass is 10.2. The summed E-state index contributed by atoms with van der Waals surface area (Å²) in [5.41, 5.74) is 1.04. The van der Waals surface area contributed by atoms with E-state index in [9.17, 15) is 9.59 Å². The monoisotopic (exact) mass is 349 g/mol. The number of hydrogen-bond donors (Lipinski definition) is 2.